The van der Waals surface area contributed by atoms with E-state index in [4.69, 9.17) is 21.4 Å². The molecule has 1 aromatic rings. The monoisotopic (exact) mass is 431 g/mol. The summed E-state index contributed by atoms with van der Waals surface area (Å²) in [4.78, 5) is 23.9. The molecular weight excluding hydrogens is 409 g/mol. The van der Waals surface area contributed by atoms with E-state index in [2.05, 4.69) is 0 Å². The highest BCUT2D eigenvalue weighted by molar-refractivity contribution is 7.99. The molecule has 9 heteroatoms. The van der Waals surface area contributed by atoms with E-state index in [1.54, 1.807) is 34.9 Å². The molecule has 1 heterocycles. The normalized spacial score (nSPS) is 17.9. The maximum Gasteiger partial charge on any atom is 0.410 e. The Bertz CT molecular complexity index is 718. The Hall–Kier alpha value is -1.77. The Balaban J connectivity index is 1.79. The van der Waals surface area contributed by atoms with Crippen molar-refractivity contribution in [3.63, 3.8) is 0 Å². The number of aliphatic hydroxyl groups is 1. The molecule has 2 atom stereocenters. The number of cyclic esters (lactones) is 1. The molecule has 1 aliphatic heterocycles. The second-order valence-corrected chi connectivity index (χ2v) is 7.98. The van der Waals surface area contributed by atoms with Crippen LogP contribution >= 0.6 is 23.4 Å². The highest BCUT2D eigenvalue weighted by Crippen LogP contribution is 2.19. The lowest BCUT2D eigenvalue weighted by atomic mass is 10.1. The van der Waals surface area contributed by atoms with Crippen LogP contribution in [0.4, 0.5) is 9.18 Å². The molecule has 0 aliphatic carbocycles. The van der Waals surface area contributed by atoms with Gasteiger partial charge in [0, 0.05) is 25.1 Å². The summed E-state index contributed by atoms with van der Waals surface area (Å²) in [5.41, 5.74) is 0.705. The van der Waals surface area contributed by atoms with Gasteiger partial charge < -0.3 is 14.9 Å². The van der Waals surface area contributed by atoms with E-state index in [0.717, 1.165) is 0 Å². The summed E-state index contributed by atoms with van der Waals surface area (Å²) in [6.45, 7) is 0.698. The third kappa shape index (κ3) is 7.33. The van der Waals surface area contributed by atoms with Crippen molar-refractivity contribution in [1.82, 2.24) is 4.90 Å². The van der Waals surface area contributed by atoms with Gasteiger partial charge in [0.25, 0.3) is 0 Å². The summed E-state index contributed by atoms with van der Waals surface area (Å²) in [6.07, 6.45) is 3.13. The molecular formula is C19H23ClFNO5S. The van der Waals surface area contributed by atoms with Crippen LogP contribution < -0.4 is 0 Å². The molecule has 0 radical (unpaired) electrons. The van der Waals surface area contributed by atoms with Gasteiger partial charge in [-0.1, -0.05) is 29.8 Å². The minimum atomic E-state index is -0.810. The minimum Gasteiger partial charge on any atom is -0.481 e. The number of rotatable bonds is 11. The van der Waals surface area contributed by atoms with E-state index in [9.17, 15) is 19.1 Å². The summed E-state index contributed by atoms with van der Waals surface area (Å²) in [6, 6.07) is 4.03. The number of aliphatic carboxylic acids is 1. The molecule has 1 aromatic carbocycles. The van der Waals surface area contributed by atoms with Crippen molar-refractivity contribution in [2.45, 2.75) is 31.4 Å². The quantitative estimate of drug-likeness (QED) is 0.412. The zero-order chi connectivity index (χ0) is 20.5. The number of thioether (sulfide) groups is 1. The number of hydrogen-bond donors (Lipinski definition) is 2. The summed E-state index contributed by atoms with van der Waals surface area (Å²) in [5.74, 6) is 0.0774. The molecule has 2 rings (SSSR count). The van der Waals surface area contributed by atoms with Crippen LogP contribution in [0.2, 0.25) is 5.02 Å². The van der Waals surface area contributed by atoms with E-state index in [0.29, 0.717) is 30.0 Å². The third-order valence-electron chi connectivity index (χ3n) is 4.15. The predicted molar refractivity (Wildman–Crippen MR) is 106 cm³/mol. The van der Waals surface area contributed by atoms with Crippen LogP contribution in [0.3, 0.4) is 0 Å². The SMILES string of the molecule is O=C(O)CCCSCCN1C(=O)OC[C@@H]1/C=C/C(O)Cc1ccc(F)c(Cl)c1. The molecule has 0 bridgehead atoms. The lowest BCUT2D eigenvalue weighted by Gasteiger charge is -2.18. The van der Waals surface area contributed by atoms with Crippen LogP contribution in [0, 0.1) is 5.82 Å². The molecule has 2 N–H and O–H groups in total. The van der Waals surface area contributed by atoms with Gasteiger partial charge in [0.15, 0.2) is 0 Å². The van der Waals surface area contributed by atoms with Gasteiger partial charge in [-0.25, -0.2) is 9.18 Å². The lowest BCUT2D eigenvalue weighted by molar-refractivity contribution is -0.137. The Morgan fingerprint density at radius 2 is 2.25 bits per heavy atom. The van der Waals surface area contributed by atoms with E-state index in [1.807, 2.05) is 0 Å². The van der Waals surface area contributed by atoms with Crippen LogP contribution in [0.25, 0.3) is 0 Å². The molecule has 0 saturated carbocycles. The number of hydrogen-bond acceptors (Lipinski definition) is 5. The number of carboxylic acid groups (broad SMARTS) is 1. The summed E-state index contributed by atoms with van der Waals surface area (Å²) in [7, 11) is 0. The molecule has 0 spiro atoms. The highest BCUT2D eigenvalue weighted by atomic mass is 35.5. The van der Waals surface area contributed by atoms with E-state index in [-0.39, 0.29) is 30.5 Å². The average Bonchev–Trinajstić information content (AvgIpc) is 2.99. The molecule has 1 fully saturated rings. The first-order valence-electron chi connectivity index (χ1n) is 8.90. The van der Waals surface area contributed by atoms with Gasteiger partial charge in [0.2, 0.25) is 0 Å². The molecule has 154 valence electrons. The Labute approximate surface area is 172 Å². The highest BCUT2D eigenvalue weighted by Gasteiger charge is 2.30. The lowest BCUT2D eigenvalue weighted by Crippen LogP contribution is -2.34. The average molecular weight is 432 g/mol. The number of carbonyl (C=O) groups excluding carboxylic acids is 1. The van der Waals surface area contributed by atoms with Crippen molar-refractivity contribution >= 4 is 35.4 Å². The first-order chi connectivity index (χ1) is 13.4. The summed E-state index contributed by atoms with van der Waals surface area (Å²) < 4.78 is 18.3. The van der Waals surface area contributed by atoms with Crippen LogP contribution in [0.1, 0.15) is 18.4 Å². The van der Waals surface area contributed by atoms with E-state index >= 15 is 0 Å². The molecule has 1 amide bonds. The Morgan fingerprint density at radius 3 is 2.96 bits per heavy atom. The second kappa shape index (κ2) is 11.3. The number of aliphatic hydroxyl groups excluding tert-OH is 1. The largest absolute Gasteiger partial charge is 0.481 e. The van der Waals surface area contributed by atoms with Crippen LogP contribution in [0.15, 0.2) is 30.4 Å². The second-order valence-electron chi connectivity index (χ2n) is 6.35. The first-order valence-corrected chi connectivity index (χ1v) is 10.4. The van der Waals surface area contributed by atoms with Gasteiger partial charge in [-0.05, 0) is 29.9 Å². The van der Waals surface area contributed by atoms with Crippen LogP contribution in [-0.4, -0.2) is 64.0 Å². The number of amides is 1. The molecule has 1 unspecified atom stereocenters. The number of ether oxygens (including phenoxy) is 1. The maximum absolute atomic E-state index is 13.2. The summed E-state index contributed by atoms with van der Waals surface area (Å²) >= 11 is 7.33. The standard InChI is InChI=1S/C19H23ClFNO5S/c20-16-11-13(3-6-17(16)21)10-15(23)5-4-14-12-27-19(26)22(14)7-9-28-8-1-2-18(24)25/h3-6,11,14-15,23H,1-2,7-10,12H2,(H,24,25)/b5-4+/t14-,15?/m0/s1. The Morgan fingerprint density at radius 1 is 1.46 bits per heavy atom. The van der Waals surface area contributed by atoms with Crippen molar-refractivity contribution in [2.24, 2.45) is 0 Å². The van der Waals surface area contributed by atoms with Crippen molar-refractivity contribution in [3.05, 3.63) is 46.8 Å². The minimum absolute atomic E-state index is 0.00972. The molecule has 1 aliphatic rings. The fraction of sp³-hybridized carbons (Fsp3) is 0.474. The first kappa shape index (κ1) is 22.5. The number of halogens is 2. The predicted octanol–water partition coefficient (Wildman–Crippen LogP) is 3.36. The summed E-state index contributed by atoms with van der Waals surface area (Å²) in [5, 5.41) is 18.8. The van der Waals surface area contributed by atoms with Crippen molar-refractivity contribution < 1.29 is 28.9 Å². The van der Waals surface area contributed by atoms with E-state index in [1.165, 1.54) is 12.1 Å². The van der Waals surface area contributed by atoms with Gasteiger partial charge >= 0.3 is 12.1 Å². The molecule has 1 saturated heterocycles. The van der Waals surface area contributed by atoms with Gasteiger partial charge in [0.1, 0.15) is 12.4 Å². The van der Waals surface area contributed by atoms with E-state index < -0.39 is 24.0 Å². The van der Waals surface area contributed by atoms with Gasteiger partial charge in [-0.2, -0.15) is 11.8 Å². The topological polar surface area (TPSA) is 87.1 Å². The van der Waals surface area contributed by atoms with Crippen molar-refractivity contribution in [3.8, 4) is 0 Å². The van der Waals surface area contributed by atoms with Crippen LogP contribution in [0.5, 0.6) is 0 Å². The number of benzene rings is 1. The number of nitrogens with zero attached hydrogens (tertiary/aromatic N) is 1. The van der Waals surface area contributed by atoms with Crippen LogP contribution in [-0.2, 0) is 16.0 Å². The Kier molecular flexibility index (Phi) is 9.08. The molecule has 6 nitrogen and oxygen atoms in total. The maximum atomic E-state index is 13.2. The van der Waals surface area contributed by atoms with Crippen molar-refractivity contribution in [1.29, 1.82) is 0 Å². The molecule has 0 aromatic heterocycles. The number of carbonyl (C=O) groups is 2. The zero-order valence-corrected chi connectivity index (χ0v) is 16.8. The van der Waals surface area contributed by atoms with Gasteiger partial charge in [-0.3, -0.25) is 9.69 Å². The smallest absolute Gasteiger partial charge is 0.410 e. The fourth-order valence-electron chi connectivity index (χ4n) is 2.70. The third-order valence-corrected chi connectivity index (χ3v) is 5.49. The van der Waals surface area contributed by atoms with Crippen molar-refractivity contribution in [2.75, 3.05) is 24.7 Å². The number of carboxylic acids is 1. The fourth-order valence-corrected chi connectivity index (χ4v) is 3.79. The van der Waals surface area contributed by atoms with Gasteiger partial charge in [-0.15, -0.1) is 0 Å². The zero-order valence-electron chi connectivity index (χ0n) is 15.2. The molecule has 28 heavy (non-hydrogen) atoms. The van der Waals surface area contributed by atoms with Gasteiger partial charge in [0.05, 0.1) is 17.2 Å².